The molecule has 1 atom stereocenters. The molecule has 3 rings (SSSR count). The summed E-state index contributed by atoms with van der Waals surface area (Å²) in [6, 6.07) is 3.52. The molecule has 1 aromatic rings. The molecule has 148 valence electrons. The van der Waals surface area contributed by atoms with Crippen molar-refractivity contribution in [2.45, 2.75) is 25.3 Å². The number of likely N-dealkylation sites (tertiary alicyclic amines) is 1. The van der Waals surface area contributed by atoms with Crippen LogP contribution in [0.4, 0.5) is 5.69 Å². The highest BCUT2D eigenvalue weighted by Crippen LogP contribution is 2.40. The number of amides is 2. The van der Waals surface area contributed by atoms with Crippen molar-refractivity contribution in [3.8, 4) is 17.2 Å². The third kappa shape index (κ3) is 4.10. The van der Waals surface area contributed by atoms with Crippen molar-refractivity contribution in [1.82, 2.24) is 4.90 Å². The van der Waals surface area contributed by atoms with E-state index in [0.29, 0.717) is 42.7 Å². The highest BCUT2D eigenvalue weighted by molar-refractivity contribution is 5.97. The zero-order valence-corrected chi connectivity index (χ0v) is 15.9. The van der Waals surface area contributed by atoms with Crippen molar-refractivity contribution in [1.29, 1.82) is 0 Å². The molecule has 0 aliphatic carbocycles. The van der Waals surface area contributed by atoms with Crippen LogP contribution in [0.3, 0.4) is 0 Å². The van der Waals surface area contributed by atoms with Gasteiger partial charge < -0.3 is 29.2 Å². The Labute approximate surface area is 158 Å². The molecule has 0 spiro atoms. The first-order valence-electron chi connectivity index (χ1n) is 9.05. The maximum absolute atomic E-state index is 12.7. The van der Waals surface area contributed by atoms with Gasteiger partial charge in [0.25, 0.3) is 0 Å². The van der Waals surface area contributed by atoms with Crippen LogP contribution in [0, 0.1) is 5.92 Å². The Kier molecular flexibility index (Phi) is 6.05. The van der Waals surface area contributed by atoms with Gasteiger partial charge in [-0.3, -0.25) is 9.59 Å². The number of carbonyl (C=O) groups excluding carboxylic acids is 2. The van der Waals surface area contributed by atoms with Crippen molar-refractivity contribution in [3.05, 3.63) is 12.1 Å². The maximum Gasteiger partial charge on any atom is 0.229 e. The molecule has 2 heterocycles. The minimum absolute atomic E-state index is 0.0342. The molecule has 0 radical (unpaired) electrons. The largest absolute Gasteiger partial charge is 0.493 e. The summed E-state index contributed by atoms with van der Waals surface area (Å²) in [6.07, 6.45) is 1.88. The number of methoxy groups -OCH3 is 3. The molecule has 0 bridgehead atoms. The molecule has 27 heavy (non-hydrogen) atoms. The van der Waals surface area contributed by atoms with E-state index >= 15 is 0 Å². The average molecular weight is 378 g/mol. The number of hydrogen-bond acceptors (Lipinski definition) is 6. The number of rotatable bonds is 6. The summed E-state index contributed by atoms with van der Waals surface area (Å²) in [4.78, 5) is 26.9. The van der Waals surface area contributed by atoms with Crippen molar-refractivity contribution >= 4 is 17.5 Å². The topological polar surface area (TPSA) is 86.3 Å². The number of carbonyl (C=O) groups is 2. The summed E-state index contributed by atoms with van der Waals surface area (Å²) in [5.41, 5.74) is 0.534. The Hall–Kier alpha value is -2.48. The number of nitrogens with one attached hydrogen (secondary N) is 1. The van der Waals surface area contributed by atoms with Crippen molar-refractivity contribution in [2.24, 2.45) is 5.92 Å². The predicted molar refractivity (Wildman–Crippen MR) is 98.4 cm³/mol. The zero-order valence-electron chi connectivity index (χ0n) is 15.9. The summed E-state index contributed by atoms with van der Waals surface area (Å²) in [6.45, 7) is 1.77. The first-order valence-corrected chi connectivity index (χ1v) is 9.05. The van der Waals surface area contributed by atoms with Gasteiger partial charge in [-0.25, -0.2) is 0 Å². The van der Waals surface area contributed by atoms with Gasteiger partial charge in [0.05, 0.1) is 27.2 Å². The Morgan fingerprint density at radius 3 is 2.30 bits per heavy atom. The average Bonchev–Trinajstić information content (AvgIpc) is 3.09. The first kappa shape index (κ1) is 19.3. The van der Waals surface area contributed by atoms with Gasteiger partial charge in [-0.05, 0) is 12.8 Å². The highest BCUT2D eigenvalue weighted by Gasteiger charge is 2.38. The molecule has 0 saturated carbocycles. The monoisotopic (exact) mass is 378 g/mol. The molecule has 2 aliphatic heterocycles. The summed E-state index contributed by atoms with van der Waals surface area (Å²) in [5.74, 6) is 0.843. The number of benzene rings is 1. The Bertz CT molecular complexity index is 676. The van der Waals surface area contributed by atoms with Gasteiger partial charge in [0.1, 0.15) is 0 Å². The predicted octanol–water partition coefficient (Wildman–Crippen LogP) is 1.68. The second kappa shape index (κ2) is 8.47. The van der Waals surface area contributed by atoms with Gasteiger partial charge in [-0.15, -0.1) is 0 Å². The van der Waals surface area contributed by atoms with Crippen LogP contribution in [-0.4, -0.2) is 63.8 Å². The molecule has 8 nitrogen and oxygen atoms in total. The number of anilines is 1. The second-order valence-electron chi connectivity index (χ2n) is 6.69. The summed E-state index contributed by atoms with van der Waals surface area (Å²) >= 11 is 0. The van der Waals surface area contributed by atoms with Gasteiger partial charge in [0.2, 0.25) is 17.6 Å². The van der Waals surface area contributed by atoms with E-state index in [0.717, 1.165) is 12.8 Å². The summed E-state index contributed by atoms with van der Waals surface area (Å²) in [7, 11) is 4.56. The molecule has 2 aliphatic rings. The fraction of sp³-hybridized carbons (Fsp3) is 0.579. The minimum atomic E-state index is -0.376. The molecule has 2 fully saturated rings. The van der Waals surface area contributed by atoms with Crippen LogP contribution in [0.1, 0.15) is 19.3 Å². The Morgan fingerprint density at radius 1 is 1.11 bits per heavy atom. The van der Waals surface area contributed by atoms with Crippen LogP contribution >= 0.6 is 0 Å². The Balaban J connectivity index is 1.69. The second-order valence-corrected chi connectivity index (χ2v) is 6.69. The summed E-state index contributed by atoms with van der Waals surface area (Å²) in [5, 5.41) is 2.87. The minimum Gasteiger partial charge on any atom is -0.493 e. The van der Waals surface area contributed by atoms with Crippen molar-refractivity contribution in [2.75, 3.05) is 46.4 Å². The normalized spacial score (nSPS) is 20.5. The number of hydrogen-bond donors (Lipinski definition) is 1. The molecular weight excluding hydrogens is 352 g/mol. The lowest BCUT2D eigenvalue weighted by Gasteiger charge is -2.31. The van der Waals surface area contributed by atoms with Gasteiger partial charge in [-0.2, -0.15) is 0 Å². The third-order valence-corrected chi connectivity index (χ3v) is 5.09. The van der Waals surface area contributed by atoms with E-state index in [2.05, 4.69) is 5.32 Å². The lowest BCUT2D eigenvalue weighted by molar-refractivity contribution is -0.131. The van der Waals surface area contributed by atoms with E-state index in [1.54, 1.807) is 12.1 Å². The van der Waals surface area contributed by atoms with Crippen molar-refractivity contribution < 1.29 is 28.5 Å². The molecular formula is C19H26N2O6. The lowest BCUT2D eigenvalue weighted by atomic mass is 10.1. The quantitative estimate of drug-likeness (QED) is 0.811. The van der Waals surface area contributed by atoms with E-state index in [-0.39, 0.29) is 30.2 Å². The van der Waals surface area contributed by atoms with Gasteiger partial charge in [0, 0.05) is 50.0 Å². The molecule has 2 saturated heterocycles. The van der Waals surface area contributed by atoms with Crippen molar-refractivity contribution in [3.63, 3.8) is 0 Å². The fourth-order valence-electron chi connectivity index (χ4n) is 3.65. The van der Waals surface area contributed by atoms with E-state index in [9.17, 15) is 9.59 Å². The molecule has 8 heteroatoms. The van der Waals surface area contributed by atoms with Crippen LogP contribution < -0.4 is 19.5 Å². The third-order valence-electron chi connectivity index (χ3n) is 5.09. The Morgan fingerprint density at radius 2 is 1.74 bits per heavy atom. The molecule has 2 amide bonds. The zero-order chi connectivity index (χ0) is 19.4. The van der Waals surface area contributed by atoms with E-state index in [1.165, 1.54) is 21.3 Å². The standard InChI is InChI=1S/C19H26N2O6/c1-24-15-9-13(10-16(25-2)18(15)26-3)20-19(23)12-8-17(22)21(11-12)14-4-6-27-7-5-14/h9-10,12,14H,4-8,11H2,1-3H3,(H,20,23). The maximum atomic E-state index is 12.7. The molecule has 1 aromatic carbocycles. The van der Waals surface area contributed by atoms with Crippen LogP contribution in [-0.2, 0) is 14.3 Å². The highest BCUT2D eigenvalue weighted by atomic mass is 16.5. The van der Waals surface area contributed by atoms with Crippen LogP contribution in [0.25, 0.3) is 0 Å². The van der Waals surface area contributed by atoms with E-state index in [4.69, 9.17) is 18.9 Å². The molecule has 0 aromatic heterocycles. The molecule has 1 N–H and O–H groups in total. The van der Waals surface area contributed by atoms with E-state index < -0.39 is 0 Å². The smallest absolute Gasteiger partial charge is 0.229 e. The van der Waals surface area contributed by atoms with Crippen LogP contribution in [0.15, 0.2) is 12.1 Å². The van der Waals surface area contributed by atoms with Crippen LogP contribution in [0.5, 0.6) is 17.2 Å². The van der Waals surface area contributed by atoms with E-state index in [1.807, 2.05) is 4.90 Å². The fourth-order valence-corrected chi connectivity index (χ4v) is 3.65. The number of ether oxygens (including phenoxy) is 4. The van der Waals surface area contributed by atoms with Crippen LogP contribution in [0.2, 0.25) is 0 Å². The summed E-state index contributed by atoms with van der Waals surface area (Å²) < 4.78 is 21.3. The van der Waals surface area contributed by atoms with Gasteiger partial charge in [-0.1, -0.05) is 0 Å². The first-order chi connectivity index (χ1) is 13.1. The van der Waals surface area contributed by atoms with Gasteiger partial charge in [0.15, 0.2) is 11.5 Å². The lowest BCUT2D eigenvalue weighted by Crippen LogP contribution is -2.41. The SMILES string of the molecule is COc1cc(NC(=O)C2CC(=O)N(C3CCOCC3)C2)cc(OC)c1OC. The van der Waals surface area contributed by atoms with Gasteiger partial charge >= 0.3 is 0 Å². The number of nitrogens with zero attached hydrogens (tertiary/aromatic N) is 1. The molecule has 1 unspecified atom stereocenters.